The second-order valence-corrected chi connectivity index (χ2v) is 6.99. The van der Waals surface area contributed by atoms with Gasteiger partial charge in [0.25, 0.3) is 5.56 Å². The first-order valence-corrected chi connectivity index (χ1v) is 9.59. The molecule has 6 nitrogen and oxygen atoms in total. The molecule has 1 heterocycles. The third kappa shape index (κ3) is 4.67. The Morgan fingerprint density at radius 2 is 1.73 bits per heavy atom. The summed E-state index contributed by atoms with van der Waals surface area (Å²) in [6.45, 7) is 0.276. The van der Waals surface area contributed by atoms with E-state index in [1.807, 2.05) is 30.3 Å². The van der Waals surface area contributed by atoms with Crippen LogP contribution in [0.4, 0.5) is 0 Å². The number of rotatable bonds is 6. The molecule has 1 aromatic heterocycles. The summed E-state index contributed by atoms with van der Waals surface area (Å²) in [5.74, 6) is 0.359. The van der Waals surface area contributed by atoms with Crippen LogP contribution in [0.5, 0.6) is 5.75 Å². The molecule has 150 valence electrons. The molecule has 0 atom stereocenters. The van der Waals surface area contributed by atoms with Gasteiger partial charge in [-0.25, -0.2) is 9.78 Å². The number of aromatic nitrogens is 2. The van der Waals surface area contributed by atoms with Gasteiger partial charge in [0, 0.05) is 5.02 Å². The zero-order chi connectivity index (χ0) is 20.9. The minimum Gasteiger partial charge on any atom is -0.489 e. The number of hydrogen-bond donors (Lipinski definition) is 1. The Bertz CT molecular complexity index is 1240. The molecule has 4 aromatic rings. The molecule has 0 spiro atoms. The Balaban J connectivity index is 1.38. The Hall–Kier alpha value is -3.64. The van der Waals surface area contributed by atoms with Crippen LogP contribution in [0.15, 0.2) is 77.6 Å². The molecule has 0 saturated carbocycles. The van der Waals surface area contributed by atoms with Crippen LogP contribution in [0.3, 0.4) is 0 Å². The third-order valence-corrected chi connectivity index (χ3v) is 4.63. The van der Waals surface area contributed by atoms with E-state index in [1.165, 1.54) is 0 Å². The quantitative estimate of drug-likeness (QED) is 0.464. The molecular weight excluding hydrogens is 404 g/mol. The van der Waals surface area contributed by atoms with Gasteiger partial charge in [-0.05, 0) is 48.0 Å². The van der Waals surface area contributed by atoms with E-state index < -0.39 is 5.97 Å². The molecule has 0 aliphatic carbocycles. The van der Waals surface area contributed by atoms with E-state index >= 15 is 0 Å². The van der Waals surface area contributed by atoms with Gasteiger partial charge in [-0.3, -0.25) is 4.79 Å². The lowest BCUT2D eigenvalue weighted by molar-refractivity contribution is 0.0462. The molecular formula is C23H17ClN2O4. The SMILES string of the molecule is O=C(OCc1nc2cc(Cl)ccc2c(=O)[nH]1)c1ccc(OCc2ccccc2)cc1. The van der Waals surface area contributed by atoms with Crippen molar-refractivity contribution in [3.8, 4) is 5.75 Å². The van der Waals surface area contributed by atoms with Crippen molar-refractivity contribution in [3.63, 3.8) is 0 Å². The van der Waals surface area contributed by atoms with Crippen LogP contribution in [0.25, 0.3) is 10.9 Å². The summed E-state index contributed by atoms with van der Waals surface area (Å²) >= 11 is 5.95. The summed E-state index contributed by atoms with van der Waals surface area (Å²) in [5.41, 5.74) is 1.55. The van der Waals surface area contributed by atoms with Crippen molar-refractivity contribution in [1.29, 1.82) is 0 Å². The van der Waals surface area contributed by atoms with Gasteiger partial charge >= 0.3 is 5.97 Å². The van der Waals surface area contributed by atoms with Gasteiger partial charge in [-0.2, -0.15) is 0 Å². The van der Waals surface area contributed by atoms with Gasteiger partial charge < -0.3 is 14.5 Å². The molecule has 30 heavy (non-hydrogen) atoms. The van der Waals surface area contributed by atoms with Crippen LogP contribution in [0, 0.1) is 0 Å². The number of nitrogens with one attached hydrogen (secondary N) is 1. The van der Waals surface area contributed by atoms with Crippen molar-refractivity contribution < 1.29 is 14.3 Å². The molecule has 1 N–H and O–H groups in total. The van der Waals surface area contributed by atoms with Crippen molar-refractivity contribution >= 4 is 28.5 Å². The largest absolute Gasteiger partial charge is 0.489 e. The minimum atomic E-state index is -0.529. The lowest BCUT2D eigenvalue weighted by Crippen LogP contribution is -2.14. The van der Waals surface area contributed by atoms with E-state index in [0.717, 1.165) is 5.56 Å². The maximum Gasteiger partial charge on any atom is 0.338 e. The number of halogens is 1. The van der Waals surface area contributed by atoms with Gasteiger partial charge in [0.15, 0.2) is 0 Å². The van der Waals surface area contributed by atoms with Crippen molar-refractivity contribution in [2.24, 2.45) is 0 Å². The fourth-order valence-electron chi connectivity index (χ4n) is 2.87. The number of carbonyl (C=O) groups is 1. The Morgan fingerprint density at radius 3 is 2.50 bits per heavy atom. The van der Waals surface area contributed by atoms with Crippen molar-refractivity contribution in [1.82, 2.24) is 9.97 Å². The molecule has 0 radical (unpaired) electrons. The van der Waals surface area contributed by atoms with Crippen molar-refractivity contribution in [2.45, 2.75) is 13.2 Å². The standard InChI is InChI=1S/C23H17ClN2O4/c24-17-8-11-19-20(12-17)25-21(26-22(19)27)14-30-23(28)16-6-9-18(10-7-16)29-13-15-4-2-1-3-5-15/h1-12H,13-14H2,(H,25,26,27). The zero-order valence-electron chi connectivity index (χ0n) is 15.8. The number of aromatic amines is 1. The number of benzene rings is 3. The zero-order valence-corrected chi connectivity index (χ0v) is 16.6. The van der Waals surface area contributed by atoms with Crippen LogP contribution < -0.4 is 10.3 Å². The summed E-state index contributed by atoms with van der Waals surface area (Å²) in [6, 6.07) is 21.3. The highest BCUT2D eigenvalue weighted by atomic mass is 35.5. The number of H-pyrrole nitrogens is 1. The summed E-state index contributed by atoms with van der Waals surface area (Å²) in [6.07, 6.45) is 0. The number of nitrogens with zero attached hydrogens (tertiary/aromatic N) is 1. The first-order valence-electron chi connectivity index (χ1n) is 9.21. The Kier molecular flexibility index (Phi) is 5.77. The van der Waals surface area contributed by atoms with E-state index in [0.29, 0.717) is 33.8 Å². The smallest absolute Gasteiger partial charge is 0.338 e. The Labute approximate surface area is 177 Å². The molecule has 0 bridgehead atoms. The van der Waals surface area contributed by atoms with Gasteiger partial charge in [0.05, 0.1) is 16.5 Å². The van der Waals surface area contributed by atoms with Crippen LogP contribution in [-0.4, -0.2) is 15.9 Å². The highest BCUT2D eigenvalue weighted by Crippen LogP contribution is 2.16. The number of esters is 1. The van der Waals surface area contributed by atoms with Gasteiger partial charge in [-0.1, -0.05) is 41.9 Å². The maximum atomic E-state index is 12.3. The van der Waals surface area contributed by atoms with Crippen LogP contribution in [0.1, 0.15) is 21.7 Å². The highest BCUT2D eigenvalue weighted by molar-refractivity contribution is 6.31. The van der Waals surface area contributed by atoms with Gasteiger partial charge in [-0.15, -0.1) is 0 Å². The normalized spacial score (nSPS) is 10.7. The van der Waals surface area contributed by atoms with Crippen LogP contribution in [-0.2, 0) is 18.0 Å². The van der Waals surface area contributed by atoms with E-state index in [-0.39, 0.29) is 18.0 Å². The average molecular weight is 421 g/mol. The molecule has 0 aliphatic heterocycles. The lowest BCUT2D eigenvalue weighted by Gasteiger charge is -2.08. The predicted octanol–water partition coefficient (Wildman–Crippen LogP) is 4.51. The summed E-state index contributed by atoms with van der Waals surface area (Å²) in [7, 11) is 0. The van der Waals surface area contributed by atoms with Gasteiger partial charge in [0.1, 0.15) is 24.8 Å². The molecule has 0 aliphatic rings. The predicted molar refractivity (Wildman–Crippen MR) is 114 cm³/mol. The van der Waals surface area contributed by atoms with Crippen molar-refractivity contribution in [2.75, 3.05) is 0 Å². The molecule has 3 aromatic carbocycles. The summed E-state index contributed by atoms with van der Waals surface area (Å²) < 4.78 is 11.0. The molecule has 7 heteroatoms. The Morgan fingerprint density at radius 1 is 0.967 bits per heavy atom. The first-order chi connectivity index (χ1) is 14.6. The second-order valence-electron chi connectivity index (χ2n) is 6.55. The lowest BCUT2D eigenvalue weighted by atomic mass is 10.2. The third-order valence-electron chi connectivity index (χ3n) is 4.40. The number of ether oxygens (including phenoxy) is 2. The molecule has 0 unspecified atom stereocenters. The summed E-state index contributed by atoms with van der Waals surface area (Å²) in [5, 5.41) is 0.888. The van der Waals surface area contributed by atoms with Gasteiger partial charge in [0.2, 0.25) is 0 Å². The topological polar surface area (TPSA) is 81.3 Å². The molecule has 0 amide bonds. The maximum absolute atomic E-state index is 12.3. The van der Waals surface area contributed by atoms with E-state index in [9.17, 15) is 9.59 Å². The van der Waals surface area contributed by atoms with Crippen LogP contribution in [0.2, 0.25) is 5.02 Å². The van der Waals surface area contributed by atoms with Crippen LogP contribution >= 0.6 is 11.6 Å². The fourth-order valence-corrected chi connectivity index (χ4v) is 3.04. The van der Waals surface area contributed by atoms with E-state index in [4.69, 9.17) is 21.1 Å². The average Bonchev–Trinajstić information content (AvgIpc) is 2.77. The second kappa shape index (κ2) is 8.80. The minimum absolute atomic E-state index is 0.164. The summed E-state index contributed by atoms with van der Waals surface area (Å²) in [4.78, 5) is 31.3. The number of hydrogen-bond acceptors (Lipinski definition) is 5. The molecule has 0 saturated heterocycles. The molecule has 4 rings (SSSR count). The van der Waals surface area contributed by atoms with E-state index in [2.05, 4.69) is 9.97 Å². The monoisotopic (exact) mass is 420 g/mol. The van der Waals surface area contributed by atoms with E-state index in [1.54, 1.807) is 42.5 Å². The molecule has 0 fully saturated rings. The fraction of sp³-hybridized carbons (Fsp3) is 0.0870. The highest BCUT2D eigenvalue weighted by Gasteiger charge is 2.10. The number of carbonyl (C=O) groups excluding carboxylic acids is 1. The number of fused-ring (bicyclic) bond motifs is 1. The van der Waals surface area contributed by atoms with Crippen molar-refractivity contribution in [3.05, 3.63) is 105 Å². The first kappa shape index (κ1) is 19.7.